The second kappa shape index (κ2) is 7.77. The van der Waals surface area contributed by atoms with Gasteiger partial charge in [-0.3, -0.25) is 9.69 Å². The van der Waals surface area contributed by atoms with Gasteiger partial charge in [-0.2, -0.15) is 0 Å². The summed E-state index contributed by atoms with van der Waals surface area (Å²) in [6.07, 6.45) is 1.07. The van der Waals surface area contributed by atoms with Gasteiger partial charge in [0.2, 0.25) is 5.91 Å². The quantitative estimate of drug-likeness (QED) is 0.544. The van der Waals surface area contributed by atoms with E-state index in [0.717, 1.165) is 37.1 Å². The second-order valence-corrected chi connectivity index (χ2v) is 8.27. The van der Waals surface area contributed by atoms with Crippen LogP contribution in [0.15, 0.2) is 59.1 Å². The van der Waals surface area contributed by atoms with Gasteiger partial charge in [-0.15, -0.1) is 11.3 Å². The van der Waals surface area contributed by atoms with Gasteiger partial charge in [0.1, 0.15) is 5.69 Å². The van der Waals surface area contributed by atoms with Crippen LogP contribution in [0.1, 0.15) is 21.8 Å². The maximum absolute atomic E-state index is 12.5. The molecule has 1 aliphatic heterocycles. The molecule has 2 aromatic carbocycles. The number of fused-ring (bicyclic) bond motifs is 2. The molecule has 0 bridgehead atoms. The third-order valence-electron chi connectivity index (χ3n) is 5.09. The fourth-order valence-corrected chi connectivity index (χ4v) is 4.73. The lowest BCUT2D eigenvalue weighted by Gasteiger charge is -2.25. The number of hydrogen-bond donors (Lipinski definition) is 1. The van der Waals surface area contributed by atoms with Crippen LogP contribution in [-0.4, -0.2) is 27.5 Å². The van der Waals surface area contributed by atoms with Crippen LogP contribution in [0, 0.1) is 0 Å². The largest absolute Gasteiger partial charge is 0.356 e. The number of nitrogens with zero attached hydrogens (tertiary/aromatic N) is 3. The van der Waals surface area contributed by atoms with Crippen LogP contribution in [0.4, 0.5) is 5.13 Å². The highest BCUT2D eigenvalue weighted by Gasteiger charge is 2.22. The van der Waals surface area contributed by atoms with E-state index in [1.54, 1.807) is 11.3 Å². The molecule has 1 aliphatic rings. The molecule has 29 heavy (non-hydrogen) atoms. The van der Waals surface area contributed by atoms with Crippen molar-refractivity contribution < 1.29 is 9.32 Å². The zero-order valence-electron chi connectivity index (χ0n) is 15.8. The van der Waals surface area contributed by atoms with Crippen molar-refractivity contribution in [3.8, 4) is 0 Å². The number of carbonyl (C=O) groups excluding carboxylic acids is 1. The van der Waals surface area contributed by atoms with Crippen LogP contribution in [0.2, 0.25) is 0 Å². The number of nitrogens with one attached hydrogen (secondary N) is 1. The minimum Gasteiger partial charge on any atom is -0.356 e. The Morgan fingerprint density at radius 2 is 1.97 bits per heavy atom. The number of amides is 1. The van der Waals surface area contributed by atoms with Crippen LogP contribution in [0.25, 0.3) is 11.0 Å². The molecule has 146 valence electrons. The first-order valence-corrected chi connectivity index (χ1v) is 10.4. The second-order valence-electron chi connectivity index (χ2n) is 7.19. The SMILES string of the molecule is O=C(Cc1noc2ccccc12)Nc1nc2c(s1)CN(Cc1ccccc1)CC2. The summed E-state index contributed by atoms with van der Waals surface area (Å²) >= 11 is 1.57. The molecule has 0 radical (unpaired) electrons. The molecule has 2 aromatic heterocycles. The first-order valence-electron chi connectivity index (χ1n) is 9.62. The molecule has 0 saturated heterocycles. The van der Waals surface area contributed by atoms with E-state index in [2.05, 4.69) is 44.6 Å². The maximum atomic E-state index is 12.5. The van der Waals surface area contributed by atoms with Gasteiger partial charge < -0.3 is 9.84 Å². The third-order valence-corrected chi connectivity index (χ3v) is 6.08. The first kappa shape index (κ1) is 18.0. The molecule has 7 heteroatoms. The Morgan fingerprint density at radius 3 is 2.86 bits per heavy atom. The van der Waals surface area contributed by atoms with Gasteiger partial charge in [0, 0.05) is 36.3 Å². The molecule has 0 spiro atoms. The number of aromatic nitrogens is 2. The van der Waals surface area contributed by atoms with Crippen molar-refractivity contribution in [1.82, 2.24) is 15.0 Å². The van der Waals surface area contributed by atoms with E-state index in [1.165, 1.54) is 10.4 Å². The predicted octanol–water partition coefficient (Wildman–Crippen LogP) is 4.02. The van der Waals surface area contributed by atoms with E-state index in [1.807, 2.05) is 30.3 Å². The average Bonchev–Trinajstić information content (AvgIpc) is 3.32. The predicted molar refractivity (Wildman–Crippen MR) is 113 cm³/mol. The van der Waals surface area contributed by atoms with E-state index < -0.39 is 0 Å². The summed E-state index contributed by atoms with van der Waals surface area (Å²) in [5.41, 5.74) is 3.75. The summed E-state index contributed by atoms with van der Waals surface area (Å²) in [7, 11) is 0. The topological polar surface area (TPSA) is 71.3 Å². The minimum atomic E-state index is -0.128. The van der Waals surface area contributed by atoms with Crippen molar-refractivity contribution in [2.45, 2.75) is 25.9 Å². The van der Waals surface area contributed by atoms with E-state index in [0.29, 0.717) is 16.4 Å². The molecule has 6 nitrogen and oxygen atoms in total. The summed E-state index contributed by atoms with van der Waals surface area (Å²) in [6.45, 7) is 2.77. The zero-order valence-corrected chi connectivity index (χ0v) is 16.6. The standard InChI is InChI=1S/C22H20N4O2S/c27-21(12-18-16-8-4-5-9-19(16)28-25-18)24-22-23-17-10-11-26(14-20(17)29-22)13-15-6-2-1-3-7-15/h1-9H,10-14H2,(H,23,24,27). The normalized spacial score (nSPS) is 14.1. The van der Waals surface area contributed by atoms with Crippen LogP contribution in [-0.2, 0) is 30.7 Å². The molecule has 1 amide bonds. The smallest absolute Gasteiger partial charge is 0.232 e. The van der Waals surface area contributed by atoms with Crippen LogP contribution >= 0.6 is 11.3 Å². The lowest BCUT2D eigenvalue weighted by atomic mass is 10.1. The Hall–Kier alpha value is -3.03. The number of rotatable bonds is 5. The van der Waals surface area contributed by atoms with Crippen molar-refractivity contribution in [1.29, 1.82) is 0 Å². The highest BCUT2D eigenvalue weighted by molar-refractivity contribution is 7.15. The molecular weight excluding hydrogens is 384 g/mol. The van der Waals surface area contributed by atoms with E-state index in [4.69, 9.17) is 4.52 Å². The molecule has 5 rings (SSSR count). The highest BCUT2D eigenvalue weighted by Crippen LogP contribution is 2.29. The fourth-order valence-electron chi connectivity index (χ4n) is 3.66. The fraction of sp³-hybridized carbons (Fsp3) is 0.227. The number of anilines is 1. The number of carbonyl (C=O) groups is 1. The Balaban J connectivity index is 1.24. The number of para-hydroxylation sites is 1. The lowest BCUT2D eigenvalue weighted by Crippen LogP contribution is -2.29. The zero-order chi connectivity index (χ0) is 19.6. The van der Waals surface area contributed by atoms with Gasteiger partial charge in [0.15, 0.2) is 10.7 Å². The van der Waals surface area contributed by atoms with Crippen molar-refractivity contribution in [2.24, 2.45) is 0 Å². The van der Waals surface area contributed by atoms with Gasteiger partial charge in [-0.25, -0.2) is 4.98 Å². The van der Waals surface area contributed by atoms with Crippen molar-refractivity contribution in [2.75, 3.05) is 11.9 Å². The van der Waals surface area contributed by atoms with Crippen LogP contribution < -0.4 is 5.32 Å². The first-order chi connectivity index (χ1) is 14.2. The van der Waals surface area contributed by atoms with Crippen LogP contribution in [0.3, 0.4) is 0 Å². The summed E-state index contributed by atoms with van der Waals surface area (Å²) in [6, 6.07) is 18.1. The van der Waals surface area contributed by atoms with Crippen molar-refractivity contribution >= 4 is 33.3 Å². The summed E-state index contributed by atoms with van der Waals surface area (Å²) in [5.74, 6) is -0.128. The van der Waals surface area contributed by atoms with Gasteiger partial charge in [0.25, 0.3) is 0 Å². The molecule has 3 heterocycles. The Kier molecular flexibility index (Phi) is 4.83. The Morgan fingerprint density at radius 1 is 1.14 bits per heavy atom. The molecule has 0 atom stereocenters. The number of benzene rings is 2. The molecule has 0 saturated carbocycles. The maximum Gasteiger partial charge on any atom is 0.232 e. The average molecular weight is 404 g/mol. The summed E-state index contributed by atoms with van der Waals surface area (Å²) < 4.78 is 5.28. The minimum absolute atomic E-state index is 0.128. The molecule has 4 aromatic rings. The van der Waals surface area contributed by atoms with Gasteiger partial charge >= 0.3 is 0 Å². The van der Waals surface area contributed by atoms with E-state index in [-0.39, 0.29) is 12.3 Å². The molecule has 0 aliphatic carbocycles. The summed E-state index contributed by atoms with van der Waals surface area (Å²) in [4.78, 5) is 20.8. The van der Waals surface area contributed by atoms with Gasteiger partial charge in [-0.05, 0) is 17.7 Å². The highest BCUT2D eigenvalue weighted by atomic mass is 32.1. The van der Waals surface area contributed by atoms with Crippen molar-refractivity contribution in [3.63, 3.8) is 0 Å². The summed E-state index contributed by atoms with van der Waals surface area (Å²) in [5, 5.41) is 8.50. The van der Waals surface area contributed by atoms with E-state index in [9.17, 15) is 4.79 Å². The third kappa shape index (κ3) is 3.92. The van der Waals surface area contributed by atoms with Crippen molar-refractivity contribution in [3.05, 3.63) is 76.4 Å². The van der Waals surface area contributed by atoms with E-state index >= 15 is 0 Å². The molecule has 0 fully saturated rings. The monoisotopic (exact) mass is 404 g/mol. The van der Waals surface area contributed by atoms with Crippen LogP contribution in [0.5, 0.6) is 0 Å². The lowest BCUT2D eigenvalue weighted by molar-refractivity contribution is -0.115. The number of hydrogen-bond acceptors (Lipinski definition) is 6. The van der Waals surface area contributed by atoms with Gasteiger partial charge in [0.05, 0.1) is 12.1 Å². The Labute approximate surface area is 172 Å². The number of thiazole rings is 1. The molecular formula is C22H20N4O2S. The Bertz CT molecular complexity index is 1150. The molecule has 1 N–H and O–H groups in total. The molecule has 0 unspecified atom stereocenters. The van der Waals surface area contributed by atoms with Gasteiger partial charge in [-0.1, -0.05) is 47.6 Å².